The third-order valence-electron chi connectivity index (χ3n) is 17.0. The van der Waals surface area contributed by atoms with Crippen LogP contribution in [0.5, 0.6) is 11.5 Å². The van der Waals surface area contributed by atoms with Crippen LogP contribution in [0.4, 0.5) is 0 Å². The standard InChI is InChI=1S/C60H88O6P2S/c1-37(2)47-27-21-41(9)33-55(47)63-67(64-56-34-42(10)22-28-48(56)38(3)4)61-53-31-25-45-17-13-15-19-51(45)59(53)69-60-52-20-16-14-18-46(52)26-32-54(60)62-68(65-57-35-43(11)23-29-49(57)39(5)6)66-58-36-44(12)24-30-50(58)40(7)8/h13-20,25-26,31-32,37-44,47-50,55-58H,21-24,27-30,33-36H2,1-12H3/t41-,42-,43-,44-,47+,48+,49+,50?,55-,56-,57-,58-,68?/m1/s1. The van der Waals surface area contributed by atoms with Crippen LogP contribution in [0.15, 0.2) is 82.6 Å². The molecule has 69 heavy (non-hydrogen) atoms. The number of hydrogen-bond donors (Lipinski definition) is 0. The second-order valence-electron chi connectivity index (χ2n) is 23.8. The van der Waals surface area contributed by atoms with Crippen molar-refractivity contribution in [1.82, 2.24) is 0 Å². The Balaban J connectivity index is 1.20. The molecule has 2 unspecified atom stereocenters. The van der Waals surface area contributed by atoms with Crippen molar-refractivity contribution < 1.29 is 27.1 Å². The Morgan fingerprint density at radius 2 is 0.681 bits per heavy atom. The Bertz CT molecular complexity index is 2030. The molecule has 4 aliphatic rings. The first kappa shape index (κ1) is 53.3. The molecule has 4 fully saturated rings. The molecular formula is C60H88O6P2S. The molecule has 0 amide bonds. The Kier molecular flexibility index (Phi) is 18.9. The molecule has 4 aliphatic carbocycles. The maximum atomic E-state index is 7.39. The topological polar surface area (TPSA) is 55.4 Å². The van der Waals surface area contributed by atoms with Gasteiger partial charge in [0.15, 0.2) is 0 Å². The van der Waals surface area contributed by atoms with Gasteiger partial charge in [-0.15, -0.1) is 0 Å². The molecule has 6 nitrogen and oxygen atoms in total. The van der Waals surface area contributed by atoms with Crippen molar-refractivity contribution in [2.45, 2.75) is 194 Å². The van der Waals surface area contributed by atoms with Gasteiger partial charge in [-0.25, -0.2) is 0 Å². The zero-order chi connectivity index (χ0) is 48.9. The van der Waals surface area contributed by atoms with Crippen LogP contribution < -0.4 is 9.05 Å². The lowest BCUT2D eigenvalue weighted by atomic mass is 9.75. The summed E-state index contributed by atoms with van der Waals surface area (Å²) < 4.78 is 44.1. The van der Waals surface area contributed by atoms with Crippen LogP contribution in [-0.2, 0) is 18.1 Å². The Morgan fingerprint density at radius 1 is 0.391 bits per heavy atom. The van der Waals surface area contributed by atoms with E-state index in [1.54, 1.807) is 11.8 Å². The molecule has 0 aromatic heterocycles. The lowest BCUT2D eigenvalue weighted by Gasteiger charge is -2.41. The predicted octanol–water partition coefficient (Wildman–Crippen LogP) is 19.3. The van der Waals surface area contributed by atoms with Gasteiger partial charge < -0.3 is 9.05 Å². The van der Waals surface area contributed by atoms with Crippen LogP contribution >= 0.6 is 29.0 Å². The maximum Gasteiger partial charge on any atom is 0.397 e. The van der Waals surface area contributed by atoms with E-state index in [0.29, 0.717) is 71.0 Å². The van der Waals surface area contributed by atoms with Gasteiger partial charge in [0, 0.05) is 0 Å². The lowest BCUT2D eigenvalue weighted by Crippen LogP contribution is -2.36. The summed E-state index contributed by atoms with van der Waals surface area (Å²) in [5, 5.41) is 4.59. The zero-order valence-corrected chi connectivity index (χ0v) is 47.0. The normalized spacial score (nSPS) is 30.8. The van der Waals surface area contributed by atoms with Crippen LogP contribution in [0.25, 0.3) is 21.5 Å². The number of hydrogen-bond acceptors (Lipinski definition) is 7. The third-order valence-corrected chi connectivity index (χ3v) is 20.7. The molecule has 0 radical (unpaired) electrons. The Labute approximate surface area is 425 Å². The van der Waals surface area contributed by atoms with E-state index in [1.165, 1.54) is 51.4 Å². The van der Waals surface area contributed by atoms with Gasteiger partial charge >= 0.3 is 17.2 Å². The van der Waals surface area contributed by atoms with Crippen molar-refractivity contribution in [3.8, 4) is 11.5 Å². The average Bonchev–Trinajstić information content (AvgIpc) is 3.30. The molecule has 0 saturated heterocycles. The first-order chi connectivity index (χ1) is 33.1. The van der Waals surface area contributed by atoms with Gasteiger partial charge in [0.05, 0.1) is 34.2 Å². The summed E-state index contributed by atoms with van der Waals surface area (Å²) in [4.78, 5) is 2.08. The number of benzene rings is 4. The number of rotatable bonds is 18. The lowest BCUT2D eigenvalue weighted by molar-refractivity contribution is -0.00330. The van der Waals surface area contributed by atoms with Gasteiger partial charge in [0.25, 0.3) is 0 Å². The SMILES string of the molecule is CC(C)C1CC[C@@H](C)C[C@H]1OP(Oc1ccc2ccccc2c1Sc1c(OP(O[C@@H]2C[C@H](C)CC[C@H]2C(C)C)O[C@@H]2C[C@H](C)CC[C@H]2C(C)C)ccc2ccccc12)O[C@@H]1C[C@H](C)CC[C@H]1C(C)C. The van der Waals surface area contributed by atoms with Crippen molar-refractivity contribution in [2.75, 3.05) is 0 Å². The highest BCUT2D eigenvalue weighted by atomic mass is 32.2. The molecule has 0 bridgehead atoms. The van der Waals surface area contributed by atoms with Gasteiger partial charge in [-0.2, -0.15) is 0 Å². The van der Waals surface area contributed by atoms with E-state index < -0.39 is 17.2 Å². The summed E-state index contributed by atoms with van der Waals surface area (Å²) in [6.07, 6.45) is 14.1. The summed E-state index contributed by atoms with van der Waals surface area (Å²) in [5.41, 5.74) is 0. The Morgan fingerprint density at radius 3 is 0.971 bits per heavy atom. The molecule has 0 N–H and O–H groups in total. The van der Waals surface area contributed by atoms with E-state index in [9.17, 15) is 0 Å². The molecule has 380 valence electrons. The Hall–Kier alpha value is -1.95. The van der Waals surface area contributed by atoms with E-state index in [-0.39, 0.29) is 24.4 Å². The summed E-state index contributed by atoms with van der Waals surface area (Å²) in [7, 11) is -3.51. The van der Waals surface area contributed by atoms with Crippen molar-refractivity contribution in [3.05, 3.63) is 72.8 Å². The second-order valence-corrected chi connectivity index (χ2v) is 27.0. The minimum absolute atomic E-state index is 0.0807. The first-order valence-corrected chi connectivity index (χ1v) is 30.5. The molecule has 0 aliphatic heterocycles. The molecule has 4 saturated carbocycles. The van der Waals surface area contributed by atoms with Crippen LogP contribution in [0.2, 0.25) is 0 Å². The van der Waals surface area contributed by atoms with Crippen molar-refractivity contribution >= 4 is 50.5 Å². The monoisotopic (exact) mass is 999 g/mol. The van der Waals surface area contributed by atoms with Crippen molar-refractivity contribution in [3.63, 3.8) is 0 Å². The molecule has 13 atom stereocenters. The molecule has 8 rings (SSSR count). The third kappa shape index (κ3) is 13.4. The quantitative estimate of drug-likeness (QED) is 0.0921. The summed E-state index contributed by atoms with van der Waals surface area (Å²) in [6, 6.07) is 26.2. The van der Waals surface area contributed by atoms with Gasteiger partial charge in [-0.3, -0.25) is 18.1 Å². The zero-order valence-electron chi connectivity index (χ0n) is 44.4. The van der Waals surface area contributed by atoms with Gasteiger partial charge in [0.2, 0.25) is 0 Å². The van der Waals surface area contributed by atoms with Gasteiger partial charge in [-0.1, -0.05) is 181 Å². The van der Waals surface area contributed by atoms with E-state index in [2.05, 4.69) is 156 Å². The fourth-order valence-electron chi connectivity index (χ4n) is 12.6. The summed E-state index contributed by atoms with van der Waals surface area (Å²) >= 11 is 1.74. The highest BCUT2D eigenvalue weighted by Gasteiger charge is 2.42. The van der Waals surface area contributed by atoms with Crippen molar-refractivity contribution in [2.24, 2.45) is 71.0 Å². The molecule has 4 aromatic carbocycles. The summed E-state index contributed by atoms with van der Waals surface area (Å²) in [5.74, 6) is 7.91. The average molecular weight is 999 g/mol. The second kappa shape index (κ2) is 24.4. The van der Waals surface area contributed by atoms with Crippen LogP contribution in [0, 0.1) is 71.0 Å². The largest absolute Gasteiger partial charge is 0.426 e. The minimum Gasteiger partial charge on any atom is -0.426 e. The van der Waals surface area contributed by atoms with Crippen LogP contribution in [-0.4, -0.2) is 24.4 Å². The first-order valence-electron chi connectivity index (χ1n) is 27.5. The van der Waals surface area contributed by atoms with E-state index >= 15 is 0 Å². The summed E-state index contributed by atoms with van der Waals surface area (Å²) in [6.45, 7) is 28.4. The minimum atomic E-state index is -1.75. The van der Waals surface area contributed by atoms with E-state index in [0.717, 1.165) is 68.5 Å². The number of fused-ring (bicyclic) bond motifs is 2. The van der Waals surface area contributed by atoms with Gasteiger partial charge in [0.1, 0.15) is 11.5 Å². The van der Waals surface area contributed by atoms with E-state index in [4.69, 9.17) is 27.1 Å². The maximum absolute atomic E-state index is 7.39. The van der Waals surface area contributed by atoms with Crippen molar-refractivity contribution in [1.29, 1.82) is 0 Å². The molecule has 0 heterocycles. The fraction of sp³-hybridized carbons (Fsp3) is 0.667. The van der Waals surface area contributed by atoms with Crippen LogP contribution in [0.1, 0.15) is 160 Å². The van der Waals surface area contributed by atoms with E-state index in [1.807, 2.05) is 0 Å². The molecule has 0 spiro atoms. The molecule has 4 aromatic rings. The van der Waals surface area contributed by atoms with Crippen LogP contribution in [0.3, 0.4) is 0 Å². The smallest absolute Gasteiger partial charge is 0.397 e. The molecule has 9 heteroatoms. The highest BCUT2D eigenvalue weighted by Crippen LogP contribution is 2.57. The van der Waals surface area contributed by atoms with Gasteiger partial charge in [-0.05, 0) is 156 Å². The molecular weight excluding hydrogens is 911 g/mol. The predicted molar refractivity (Wildman–Crippen MR) is 292 cm³/mol. The fourth-order valence-corrected chi connectivity index (χ4v) is 16.7. The highest BCUT2D eigenvalue weighted by molar-refractivity contribution is 8.00.